The number of halogens is 4. The molecule has 7 nitrogen and oxygen atoms in total. The van der Waals surface area contributed by atoms with Crippen molar-refractivity contribution in [1.82, 2.24) is 10.2 Å². The minimum absolute atomic E-state index is 0.0517. The van der Waals surface area contributed by atoms with Gasteiger partial charge in [0.2, 0.25) is 21.8 Å². The number of carbonyl (C=O) groups excluding carboxylic acids is 2. The van der Waals surface area contributed by atoms with Crippen LogP contribution in [-0.4, -0.2) is 50.0 Å². The van der Waals surface area contributed by atoms with E-state index in [0.29, 0.717) is 22.4 Å². The average Bonchev–Trinajstić information content (AvgIpc) is 2.93. The van der Waals surface area contributed by atoms with Crippen LogP contribution in [-0.2, 0) is 38.8 Å². The molecule has 2 unspecified atom stereocenters. The fourth-order valence-electron chi connectivity index (χ4n) is 4.28. The van der Waals surface area contributed by atoms with E-state index in [1.807, 2.05) is 32.0 Å². The zero-order valence-electron chi connectivity index (χ0n) is 23.4. The summed E-state index contributed by atoms with van der Waals surface area (Å²) in [4.78, 5) is 29.0. The summed E-state index contributed by atoms with van der Waals surface area (Å²) in [5.41, 5.74) is 0.0671. The summed E-state index contributed by atoms with van der Waals surface area (Å²) >= 11 is 3.41. The molecule has 2 amide bonds. The molecule has 2 atom stereocenters. The van der Waals surface area contributed by atoms with Gasteiger partial charge in [0, 0.05) is 23.5 Å². The molecule has 0 saturated heterocycles. The Labute approximate surface area is 252 Å². The second-order valence-corrected chi connectivity index (χ2v) is 12.8. The van der Waals surface area contributed by atoms with Crippen LogP contribution in [0, 0.1) is 0 Å². The van der Waals surface area contributed by atoms with Gasteiger partial charge in [-0.25, -0.2) is 8.42 Å². The maximum Gasteiger partial charge on any atom is 0.416 e. The summed E-state index contributed by atoms with van der Waals surface area (Å²) in [6.07, 6.45) is -3.13. The van der Waals surface area contributed by atoms with E-state index in [4.69, 9.17) is 0 Å². The van der Waals surface area contributed by atoms with Gasteiger partial charge in [0.15, 0.2) is 0 Å². The van der Waals surface area contributed by atoms with Crippen LogP contribution in [0.4, 0.5) is 18.9 Å². The number of anilines is 1. The Morgan fingerprint density at radius 1 is 0.952 bits per heavy atom. The second kappa shape index (κ2) is 14.2. The topological polar surface area (TPSA) is 86.8 Å². The Morgan fingerprint density at radius 3 is 2.19 bits per heavy atom. The number of nitrogens with one attached hydrogen (secondary N) is 1. The third kappa shape index (κ3) is 9.32. The standard InChI is InChI=1S/C30H33BrF3N3O4S/c1-4-21(2)35-29(39)27(17-22-10-6-5-7-11-22)36(19-23-12-8-14-25(31)16-23)28(38)20-37(42(3,40)41)26-15-9-13-24(18-26)30(32,33)34/h5-16,18,21,27H,4,17,19-20H2,1-3H3,(H,35,39). The molecule has 0 saturated carbocycles. The summed E-state index contributed by atoms with van der Waals surface area (Å²) in [6.45, 7) is 2.87. The third-order valence-corrected chi connectivity index (χ3v) is 8.29. The Kier molecular flexibility index (Phi) is 11.2. The fraction of sp³-hybridized carbons (Fsp3) is 0.333. The maximum atomic E-state index is 14.0. The number of carbonyl (C=O) groups is 2. The molecule has 226 valence electrons. The van der Waals surface area contributed by atoms with Gasteiger partial charge in [-0.15, -0.1) is 0 Å². The molecule has 0 radical (unpaired) electrons. The third-order valence-electron chi connectivity index (χ3n) is 6.65. The molecule has 0 aliphatic carbocycles. The molecule has 0 fully saturated rings. The summed E-state index contributed by atoms with van der Waals surface area (Å²) in [6, 6.07) is 18.7. The molecule has 0 heterocycles. The molecule has 0 aliphatic rings. The van der Waals surface area contributed by atoms with Crippen LogP contribution >= 0.6 is 15.9 Å². The van der Waals surface area contributed by atoms with Crippen LogP contribution in [0.2, 0.25) is 0 Å². The number of sulfonamides is 1. The summed E-state index contributed by atoms with van der Waals surface area (Å²) in [5, 5.41) is 2.92. The van der Waals surface area contributed by atoms with Crippen molar-refractivity contribution in [3.05, 3.63) is 100 Å². The average molecular weight is 669 g/mol. The van der Waals surface area contributed by atoms with Gasteiger partial charge < -0.3 is 10.2 Å². The van der Waals surface area contributed by atoms with Gasteiger partial charge >= 0.3 is 6.18 Å². The fourth-order valence-corrected chi connectivity index (χ4v) is 5.57. The zero-order chi connectivity index (χ0) is 31.1. The largest absolute Gasteiger partial charge is 0.416 e. The monoisotopic (exact) mass is 667 g/mol. The highest BCUT2D eigenvalue weighted by Crippen LogP contribution is 2.32. The molecule has 0 aromatic heterocycles. The first-order valence-electron chi connectivity index (χ1n) is 13.2. The molecule has 3 rings (SSSR count). The van der Waals surface area contributed by atoms with Gasteiger partial charge in [0.1, 0.15) is 12.6 Å². The molecule has 0 spiro atoms. The van der Waals surface area contributed by atoms with Gasteiger partial charge in [0.05, 0.1) is 17.5 Å². The molecular weight excluding hydrogens is 635 g/mol. The van der Waals surface area contributed by atoms with Crippen LogP contribution in [0.3, 0.4) is 0 Å². The van der Waals surface area contributed by atoms with Gasteiger partial charge in [-0.3, -0.25) is 13.9 Å². The molecule has 0 bridgehead atoms. The normalized spacial score (nSPS) is 13.2. The van der Waals surface area contributed by atoms with Crippen LogP contribution in [0.15, 0.2) is 83.3 Å². The van der Waals surface area contributed by atoms with Crippen LogP contribution < -0.4 is 9.62 Å². The van der Waals surface area contributed by atoms with Crippen molar-refractivity contribution in [3.63, 3.8) is 0 Å². The van der Waals surface area contributed by atoms with Gasteiger partial charge in [0.25, 0.3) is 0 Å². The van der Waals surface area contributed by atoms with Gasteiger partial charge in [-0.05, 0) is 54.8 Å². The van der Waals surface area contributed by atoms with E-state index in [1.165, 1.54) is 11.0 Å². The number of rotatable bonds is 12. The highest BCUT2D eigenvalue weighted by atomic mass is 79.9. The van der Waals surface area contributed by atoms with E-state index in [0.717, 1.165) is 28.4 Å². The predicted molar refractivity (Wildman–Crippen MR) is 160 cm³/mol. The van der Waals surface area contributed by atoms with Gasteiger partial charge in [-0.1, -0.05) is 71.4 Å². The van der Waals surface area contributed by atoms with Crippen molar-refractivity contribution in [2.75, 3.05) is 17.1 Å². The number of hydrogen-bond acceptors (Lipinski definition) is 4. The maximum absolute atomic E-state index is 14.0. The number of hydrogen-bond donors (Lipinski definition) is 1. The Balaban J connectivity index is 2.09. The Bertz CT molecular complexity index is 1490. The van der Waals surface area contributed by atoms with Crippen molar-refractivity contribution in [2.24, 2.45) is 0 Å². The predicted octanol–water partition coefficient (Wildman–Crippen LogP) is 5.79. The first kappa shape index (κ1) is 33.1. The summed E-state index contributed by atoms with van der Waals surface area (Å²) < 4.78 is 67.3. The Hall–Kier alpha value is -3.38. The molecule has 0 aliphatic heterocycles. The number of nitrogens with zero attached hydrogens (tertiary/aromatic N) is 2. The summed E-state index contributed by atoms with van der Waals surface area (Å²) in [5.74, 6) is -1.18. The number of amides is 2. The molecular formula is C30H33BrF3N3O4S. The minimum Gasteiger partial charge on any atom is -0.352 e. The van der Waals surface area contributed by atoms with Crippen LogP contribution in [0.1, 0.15) is 37.0 Å². The van der Waals surface area contributed by atoms with E-state index in [9.17, 15) is 31.2 Å². The van der Waals surface area contributed by atoms with E-state index in [2.05, 4.69) is 21.2 Å². The van der Waals surface area contributed by atoms with Crippen molar-refractivity contribution in [3.8, 4) is 0 Å². The van der Waals surface area contributed by atoms with Crippen molar-refractivity contribution in [1.29, 1.82) is 0 Å². The van der Waals surface area contributed by atoms with Crippen LogP contribution in [0.25, 0.3) is 0 Å². The summed E-state index contributed by atoms with van der Waals surface area (Å²) in [7, 11) is -4.21. The van der Waals surface area contributed by atoms with Gasteiger partial charge in [-0.2, -0.15) is 13.2 Å². The van der Waals surface area contributed by atoms with Crippen molar-refractivity contribution < 1.29 is 31.2 Å². The SMILES string of the molecule is CCC(C)NC(=O)C(Cc1ccccc1)N(Cc1cccc(Br)c1)C(=O)CN(c1cccc(C(F)(F)F)c1)S(C)(=O)=O. The van der Waals surface area contributed by atoms with E-state index < -0.39 is 46.2 Å². The molecule has 42 heavy (non-hydrogen) atoms. The van der Waals surface area contributed by atoms with E-state index >= 15 is 0 Å². The molecule has 3 aromatic rings. The Morgan fingerprint density at radius 2 is 1.60 bits per heavy atom. The van der Waals surface area contributed by atoms with Crippen LogP contribution in [0.5, 0.6) is 0 Å². The number of benzene rings is 3. The first-order chi connectivity index (χ1) is 19.7. The second-order valence-electron chi connectivity index (χ2n) is 9.99. The highest BCUT2D eigenvalue weighted by molar-refractivity contribution is 9.10. The first-order valence-corrected chi connectivity index (χ1v) is 15.9. The van der Waals surface area contributed by atoms with E-state index in [-0.39, 0.29) is 24.7 Å². The minimum atomic E-state index is -4.72. The lowest BCUT2D eigenvalue weighted by Crippen LogP contribution is -2.54. The smallest absolute Gasteiger partial charge is 0.352 e. The molecule has 3 aromatic carbocycles. The lowest BCUT2D eigenvalue weighted by atomic mass is 10.0. The lowest BCUT2D eigenvalue weighted by molar-refractivity contribution is -0.140. The molecule has 12 heteroatoms. The highest BCUT2D eigenvalue weighted by Gasteiger charge is 2.35. The number of alkyl halides is 3. The van der Waals surface area contributed by atoms with Crippen molar-refractivity contribution >= 4 is 43.5 Å². The van der Waals surface area contributed by atoms with E-state index in [1.54, 1.807) is 36.4 Å². The quantitative estimate of drug-likeness (QED) is 0.265. The molecule has 1 N–H and O–H groups in total. The zero-order valence-corrected chi connectivity index (χ0v) is 25.8. The van der Waals surface area contributed by atoms with Crippen molar-refractivity contribution in [2.45, 2.75) is 51.5 Å². The lowest BCUT2D eigenvalue weighted by Gasteiger charge is -2.34.